The molecule has 3 nitrogen and oxygen atoms in total. The summed E-state index contributed by atoms with van der Waals surface area (Å²) in [6.45, 7) is 9.39. The molecule has 1 rings (SSSR count). The highest BCUT2D eigenvalue weighted by molar-refractivity contribution is 5.32. The molecule has 0 aliphatic carbocycles. The van der Waals surface area contributed by atoms with Crippen molar-refractivity contribution in [2.24, 2.45) is 0 Å². The van der Waals surface area contributed by atoms with E-state index in [4.69, 9.17) is 0 Å². The molecule has 0 aromatic carbocycles. The van der Waals surface area contributed by atoms with E-state index in [1.165, 1.54) is 6.20 Å². The lowest BCUT2D eigenvalue weighted by atomic mass is 10.1. The van der Waals surface area contributed by atoms with Crippen molar-refractivity contribution in [2.45, 2.75) is 65.8 Å². The zero-order chi connectivity index (χ0) is 14.3. The van der Waals surface area contributed by atoms with E-state index >= 15 is 0 Å². The Hall–Kier alpha value is -1.19. The van der Waals surface area contributed by atoms with Crippen LogP contribution >= 0.6 is 0 Å². The molecule has 0 saturated carbocycles. The van der Waals surface area contributed by atoms with Crippen molar-refractivity contribution < 1.29 is 4.39 Å². The second-order valence-electron chi connectivity index (χ2n) is 4.84. The Morgan fingerprint density at radius 3 is 2.42 bits per heavy atom. The van der Waals surface area contributed by atoms with Crippen LogP contribution < -0.4 is 4.90 Å². The third kappa shape index (κ3) is 4.15. The first-order valence-corrected chi connectivity index (χ1v) is 7.45. The van der Waals surface area contributed by atoms with Gasteiger partial charge in [-0.3, -0.25) is 0 Å². The van der Waals surface area contributed by atoms with Crippen molar-refractivity contribution in [3.8, 4) is 0 Å². The molecule has 0 atom stereocenters. The van der Waals surface area contributed by atoms with E-state index in [2.05, 4.69) is 35.6 Å². The molecular formula is C15H26FN3. The van der Waals surface area contributed by atoms with Crippen LogP contribution in [-0.4, -0.2) is 22.6 Å². The number of anilines is 1. The molecule has 0 fully saturated rings. The molecule has 0 radical (unpaired) electrons. The minimum absolute atomic E-state index is 0.300. The Morgan fingerprint density at radius 1 is 1.21 bits per heavy atom. The molecule has 0 N–H and O–H groups in total. The summed E-state index contributed by atoms with van der Waals surface area (Å²) in [5.41, 5.74) is 0.512. The standard InChI is InChI=1S/C15H26FN3/c1-5-9-10-19(12(6-2)7-3)15-17-11-13(16)14(8-4)18-15/h11-12H,5-10H2,1-4H3. The number of nitrogens with zero attached hydrogens (tertiary/aromatic N) is 3. The van der Waals surface area contributed by atoms with Gasteiger partial charge in [0.15, 0.2) is 5.82 Å². The van der Waals surface area contributed by atoms with Crippen LogP contribution in [0.5, 0.6) is 0 Å². The van der Waals surface area contributed by atoms with Gasteiger partial charge >= 0.3 is 0 Å². The van der Waals surface area contributed by atoms with Gasteiger partial charge in [0.1, 0.15) is 0 Å². The van der Waals surface area contributed by atoms with Gasteiger partial charge in [0.25, 0.3) is 0 Å². The average Bonchev–Trinajstić information content (AvgIpc) is 2.44. The summed E-state index contributed by atoms with van der Waals surface area (Å²) in [5.74, 6) is 0.381. The van der Waals surface area contributed by atoms with Crippen LogP contribution in [0, 0.1) is 5.82 Å². The first kappa shape index (κ1) is 15.9. The maximum absolute atomic E-state index is 13.5. The van der Waals surface area contributed by atoms with E-state index in [-0.39, 0.29) is 5.82 Å². The molecule has 0 unspecified atom stereocenters. The van der Waals surface area contributed by atoms with E-state index in [1.54, 1.807) is 0 Å². The van der Waals surface area contributed by atoms with Crippen LogP contribution in [0.15, 0.2) is 6.20 Å². The van der Waals surface area contributed by atoms with Gasteiger partial charge in [-0.1, -0.05) is 34.1 Å². The number of hydrogen-bond donors (Lipinski definition) is 0. The van der Waals surface area contributed by atoms with Crippen LogP contribution in [-0.2, 0) is 6.42 Å². The summed E-state index contributed by atoms with van der Waals surface area (Å²) in [6.07, 6.45) is 6.27. The second kappa shape index (κ2) is 8.08. The van der Waals surface area contributed by atoms with Gasteiger partial charge in [-0.25, -0.2) is 14.4 Å². The molecule has 108 valence electrons. The number of aromatic nitrogens is 2. The summed E-state index contributed by atoms with van der Waals surface area (Å²) in [6, 6.07) is 0.432. The van der Waals surface area contributed by atoms with E-state index in [0.717, 1.165) is 32.2 Å². The molecule has 4 heteroatoms. The van der Waals surface area contributed by atoms with Gasteiger partial charge in [-0.15, -0.1) is 0 Å². The number of aryl methyl sites for hydroxylation is 1. The van der Waals surface area contributed by atoms with Gasteiger partial charge in [-0.2, -0.15) is 0 Å². The fourth-order valence-corrected chi connectivity index (χ4v) is 2.28. The molecule has 0 bridgehead atoms. The third-order valence-corrected chi connectivity index (χ3v) is 3.53. The lowest BCUT2D eigenvalue weighted by Gasteiger charge is -2.30. The summed E-state index contributed by atoms with van der Waals surface area (Å²) in [4.78, 5) is 10.8. The SMILES string of the molecule is CCCCN(c1ncc(F)c(CC)n1)C(CC)CC. The molecule has 0 saturated heterocycles. The monoisotopic (exact) mass is 267 g/mol. The topological polar surface area (TPSA) is 29.0 Å². The van der Waals surface area contributed by atoms with Crippen molar-refractivity contribution >= 4 is 5.95 Å². The van der Waals surface area contributed by atoms with Crippen LogP contribution in [0.1, 0.15) is 59.1 Å². The number of halogens is 1. The smallest absolute Gasteiger partial charge is 0.225 e. The van der Waals surface area contributed by atoms with Gasteiger partial charge < -0.3 is 4.90 Å². The summed E-state index contributed by atoms with van der Waals surface area (Å²) in [7, 11) is 0. The minimum Gasteiger partial charge on any atom is -0.338 e. The summed E-state index contributed by atoms with van der Waals surface area (Å²) < 4.78 is 13.5. The van der Waals surface area contributed by atoms with Crippen LogP contribution in [0.4, 0.5) is 10.3 Å². The third-order valence-electron chi connectivity index (χ3n) is 3.53. The van der Waals surface area contributed by atoms with Crippen LogP contribution in [0.2, 0.25) is 0 Å². The highest BCUT2D eigenvalue weighted by Crippen LogP contribution is 2.18. The molecule has 0 aliphatic rings. The highest BCUT2D eigenvalue weighted by atomic mass is 19.1. The fraction of sp³-hybridized carbons (Fsp3) is 0.733. The summed E-state index contributed by atoms with van der Waals surface area (Å²) >= 11 is 0. The Bertz CT molecular complexity index is 378. The molecule has 0 aliphatic heterocycles. The Morgan fingerprint density at radius 2 is 1.89 bits per heavy atom. The number of hydrogen-bond acceptors (Lipinski definition) is 3. The van der Waals surface area contributed by atoms with Crippen molar-refractivity contribution in [3.63, 3.8) is 0 Å². The Labute approximate surface area is 116 Å². The molecule has 0 spiro atoms. The van der Waals surface area contributed by atoms with Crippen molar-refractivity contribution in [2.75, 3.05) is 11.4 Å². The Kier molecular flexibility index (Phi) is 6.74. The zero-order valence-corrected chi connectivity index (χ0v) is 12.6. The largest absolute Gasteiger partial charge is 0.338 e. The zero-order valence-electron chi connectivity index (χ0n) is 12.6. The van der Waals surface area contributed by atoms with Crippen molar-refractivity contribution in [1.82, 2.24) is 9.97 Å². The molecule has 19 heavy (non-hydrogen) atoms. The molecular weight excluding hydrogens is 241 g/mol. The maximum atomic E-state index is 13.5. The summed E-state index contributed by atoms with van der Waals surface area (Å²) in [5, 5.41) is 0. The van der Waals surface area contributed by atoms with E-state index in [1.807, 2.05) is 6.92 Å². The molecule has 1 aromatic heterocycles. The van der Waals surface area contributed by atoms with E-state index in [0.29, 0.717) is 24.1 Å². The minimum atomic E-state index is -0.300. The molecule has 0 amide bonds. The maximum Gasteiger partial charge on any atom is 0.225 e. The quantitative estimate of drug-likeness (QED) is 0.713. The predicted octanol–water partition coefficient (Wildman–Crippen LogP) is 3.97. The van der Waals surface area contributed by atoms with E-state index in [9.17, 15) is 4.39 Å². The van der Waals surface area contributed by atoms with Gasteiger partial charge in [0, 0.05) is 12.6 Å². The molecule has 1 heterocycles. The van der Waals surface area contributed by atoms with Crippen LogP contribution in [0.3, 0.4) is 0 Å². The predicted molar refractivity (Wildman–Crippen MR) is 78.0 cm³/mol. The first-order valence-electron chi connectivity index (χ1n) is 7.45. The van der Waals surface area contributed by atoms with E-state index < -0.39 is 0 Å². The highest BCUT2D eigenvalue weighted by Gasteiger charge is 2.18. The second-order valence-corrected chi connectivity index (χ2v) is 4.84. The average molecular weight is 267 g/mol. The van der Waals surface area contributed by atoms with Gasteiger partial charge in [0.05, 0.1) is 11.9 Å². The lowest BCUT2D eigenvalue weighted by Crippen LogP contribution is -2.37. The van der Waals surface area contributed by atoms with Gasteiger partial charge in [-0.05, 0) is 25.7 Å². The van der Waals surface area contributed by atoms with Crippen molar-refractivity contribution in [1.29, 1.82) is 0 Å². The van der Waals surface area contributed by atoms with Crippen LogP contribution in [0.25, 0.3) is 0 Å². The van der Waals surface area contributed by atoms with Gasteiger partial charge in [0.2, 0.25) is 5.95 Å². The molecule has 1 aromatic rings. The number of rotatable bonds is 8. The first-order chi connectivity index (χ1) is 9.17. The van der Waals surface area contributed by atoms with Crippen molar-refractivity contribution in [3.05, 3.63) is 17.7 Å². The fourth-order valence-electron chi connectivity index (χ4n) is 2.28. The normalized spacial score (nSPS) is 11.1. The lowest BCUT2D eigenvalue weighted by molar-refractivity contribution is 0.527. The Balaban J connectivity index is 3.01. The number of unbranched alkanes of at least 4 members (excludes halogenated alkanes) is 1.